The molecule has 1 aromatic rings. The summed E-state index contributed by atoms with van der Waals surface area (Å²) in [6, 6.07) is 5.39. The highest BCUT2D eigenvalue weighted by Crippen LogP contribution is 2.32. The summed E-state index contributed by atoms with van der Waals surface area (Å²) in [5.41, 5.74) is 7.44. The Bertz CT molecular complexity index is 465. The molecule has 0 unspecified atom stereocenters. The van der Waals surface area contributed by atoms with Crippen molar-refractivity contribution in [3.63, 3.8) is 0 Å². The number of carbonyl (C=O) groups is 1. The molecule has 0 radical (unpaired) electrons. The van der Waals surface area contributed by atoms with Crippen LogP contribution >= 0.6 is 0 Å². The van der Waals surface area contributed by atoms with Crippen LogP contribution in [-0.2, 0) is 0 Å². The van der Waals surface area contributed by atoms with Crippen LogP contribution in [0.4, 0.5) is 11.4 Å². The van der Waals surface area contributed by atoms with Crippen molar-refractivity contribution in [2.24, 2.45) is 0 Å². The first-order valence-electron chi connectivity index (χ1n) is 6.86. The monoisotopic (exact) mass is 262 g/mol. The van der Waals surface area contributed by atoms with E-state index in [1.165, 1.54) is 13.3 Å². The molecule has 0 bridgehead atoms. The molecular weight excluding hydrogens is 240 g/mol. The Balaban J connectivity index is 2.22. The fourth-order valence-corrected chi connectivity index (χ4v) is 2.80. The first-order chi connectivity index (χ1) is 9.06. The maximum absolute atomic E-state index is 11.5. The van der Waals surface area contributed by atoms with Gasteiger partial charge in [-0.15, -0.1) is 0 Å². The number of aliphatic hydroxyl groups excluding tert-OH is 1. The average molecular weight is 262 g/mol. The number of nitrogen functional groups attached to an aromatic ring is 1. The predicted molar refractivity (Wildman–Crippen MR) is 77.4 cm³/mol. The van der Waals surface area contributed by atoms with Crippen LogP contribution in [-0.4, -0.2) is 23.0 Å². The van der Waals surface area contributed by atoms with E-state index in [0.29, 0.717) is 11.3 Å². The van der Waals surface area contributed by atoms with Crippen molar-refractivity contribution < 1.29 is 9.90 Å². The van der Waals surface area contributed by atoms with E-state index in [2.05, 4.69) is 5.32 Å². The quantitative estimate of drug-likeness (QED) is 0.576. The lowest BCUT2D eigenvalue weighted by atomic mass is 9.82. The summed E-state index contributed by atoms with van der Waals surface area (Å²) < 4.78 is 0. The second-order valence-electron chi connectivity index (χ2n) is 5.48. The number of hydrogen-bond donors (Lipinski definition) is 3. The first kappa shape index (κ1) is 13.9. The van der Waals surface area contributed by atoms with Gasteiger partial charge in [-0.05, 0) is 38.0 Å². The van der Waals surface area contributed by atoms with Crippen LogP contribution in [0.15, 0.2) is 18.2 Å². The van der Waals surface area contributed by atoms with Gasteiger partial charge in [0.2, 0.25) is 0 Å². The van der Waals surface area contributed by atoms with Crippen molar-refractivity contribution in [3.05, 3.63) is 23.8 Å². The number of nitrogens with two attached hydrogens (primary N) is 1. The van der Waals surface area contributed by atoms with Gasteiger partial charge < -0.3 is 16.2 Å². The van der Waals surface area contributed by atoms with Crippen molar-refractivity contribution in [1.82, 2.24) is 0 Å². The fraction of sp³-hybridized carbons (Fsp3) is 0.533. The molecule has 0 heterocycles. The minimum atomic E-state index is -0.248. The Morgan fingerprint density at radius 1 is 1.37 bits per heavy atom. The second kappa shape index (κ2) is 5.61. The zero-order valence-electron chi connectivity index (χ0n) is 11.4. The number of rotatable bonds is 4. The predicted octanol–water partition coefficient (Wildman–Crippen LogP) is 2.58. The maximum Gasteiger partial charge on any atom is 0.161 e. The lowest BCUT2D eigenvalue weighted by Crippen LogP contribution is -2.43. The van der Waals surface area contributed by atoms with E-state index in [9.17, 15) is 9.90 Å². The van der Waals surface area contributed by atoms with Gasteiger partial charge in [-0.2, -0.15) is 0 Å². The number of aliphatic hydroxyl groups is 1. The smallest absolute Gasteiger partial charge is 0.161 e. The number of Topliss-reactive ketones (excluding diaryl/α,β-unsaturated/α-hetero) is 1. The molecule has 4 N–H and O–H groups in total. The van der Waals surface area contributed by atoms with Crippen molar-refractivity contribution in [2.45, 2.75) is 44.6 Å². The van der Waals surface area contributed by atoms with Crippen molar-refractivity contribution in [3.8, 4) is 0 Å². The fourth-order valence-electron chi connectivity index (χ4n) is 2.80. The number of carbonyl (C=O) groups excluding carboxylic acids is 1. The van der Waals surface area contributed by atoms with E-state index < -0.39 is 0 Å². The summed E-state index contributed by atoms with van der Waals surface area (Å²) in [6.07, 6.45) is 5.40. The van der Waals surface area contributed by atoms with Crippen LogP contribution in [0.5, 0.6) is 0 Å². The number of ketones is 1. The average Bonchev–Trinajstić information content (AvgIpc) is 2.42. The zero-order chi connectivity index (χ0) is 13.9. The molecule has 0 amide bonds. The van der Waals surface area contributed by atoms with Crippen molar-refractivity contribution in [2.75, 3.05) is 17.7 Å². The number of nitrogens with one attached hydrogen (secondary N) is 1. The number of benzene rings is 1. The van der Waals surface area contributed by atoms with E-state index in [1.54, 1.807) is 12.1 Å². The Morgan fingerprint density at radius 3 is 2.63 bits per heavy atom. The molecule has 1 aliphatic rings. The topological polar surface area (TPSA) is 75.3 Å². The molecule has 4 nitrogen and oxygen atoms in total. The highest BCUT2D eigenvalue weighted by molar-refractivity contribution is 6.00. The van der Waals surface area contributed by atoms with E-state index in [1.807, 2.05) is 6.07 Å². The van der Waals surface area contributed by atoms with Crippen LogP contribution in [0.2, 0.25) is 0 Å². The van der Waals surface area contributed by atoms with Crippen LogP contribution in [0.25, 0.3) is 0 Å². The molecule has 0 saturated heterocycles. The minimum absolute atomic E-state index is 0.0390. The Labute approximate surface area is 114 Å². The molecule has 0 spiro atoms. The minimum Gasteiger partial charge on any atom is -0.398 e. The SMILES string of the molecule is CC(=O)c1cc(NC2(CO)CCCCC2)ccc1N. The van der Waals surface area contributed by atoms with Gasteiger partial charge in [0.1, 0.15) is 0 Å². The molecule has 0 aromatic heterocycles. The van der Waals surface area contributed by atoms with Gasteiger partial charge in [0, 0.05) is 16.9 Å². The normalized spacial score (nSPS) is 18.0. The molecule has 2 rings (SSSR count). The molecule has 4 heteroatoms. The highest BCUT2D eigenvalue weighted by atomic mass is 16.3. The third-order valence-electron chi connectivity index (χ3n) is 3.96. The summed E-state index contributed by atoms with van der Waals surface area (Å²) >= 11 is 0. The zero-order valence-corrected chi connectivity index (χ0v) is 11.4. The Morgan fingerprint density at radius 2 is 2.05 bits per heavy atom. The second-order valence-corrected chi connectivity index (χ2v) is 5.48. The van der Waals surface area contributed by atoms with Gasteiger partial charge in [0.05, 0.1) is 12.1 Å². The standard InChI is InChI=1S/C15H22N2O2/c1-11(19)13-9-12(5-6-14(13)16)17-15(10-18)7-3-2-4-8-15/h5-6,9,17-18H,2-4,7-8,10,16H2,1H3. The summed E-state index contributed by atoms with van der Waals surface area (Å²) in [4.78, 5) is 11.5. The maximum atomic E-state index is 11.5. The van der Waals surface area contributed by atoms with Crippen LogP contribution in [0.1, 0.15) is 49.4 Å². The van der Waals surface area contributed by atoms with Gasteiger partial charge in [0.25, 0.3) is 0 Å². The lowest BCUT2D eigenvalue weighted by molar-refractivity contribution is 0.101. The first-order valence-corrected chi connectivity index (χ1v) is 6.86. The van der Waals surface area contributed by atoms with Gasteiger partial charge in [-0.1, -0.05) is 19.3 Å². The largest absolute Gasteiger partial charge is 0.398 e. The third kappa shape index (κ3) is 3.07. The van der Waals surface area contributed by atoms with Crippen LogP contribution in [0, 0.1) is 0 Å². The number of anilines is 2. The molecular formula is C15H22N2O2. The summed E-state index contributed by atoms with van der Waals surface area (Å²) in [7, 11) is 0. The lowest BCUT2D eigenvalue weighted by Gasteiger charge is -2.37. The molecule has 1 aliphatic carbocycles. The molecule has 1 fully saturated rings. The van der Waals surface area contributed by atoms with Gasteiger partial charge in [-0.25, -0.2) is 0 Å². The van der Waals surface area contributed by atoms with Crippen LogP contribution in [0.3, 0.4) is 0 Å². The van der Waals surface area contributed by atoms with E-state index in [4.69, 9.17) is 5.73 Å². The van der Waals surface area contributed by atoms with Gasteiger partial charge in [0.15, 0.2) is 5.78 Å². The van der Waals surface area contributed by atoms with E-state index >= 15 is 0 Å². The summed E-state index contributed by atoms with van der Waals surface area (Å²) in [6.45, 7) is 1.63. The number of hydrogen-bond acceptors (Lipinski definition) is 4. The van der Waals surface area contributed by atoms with E-state index in [-0.39, 0.29) is 17.9 Å². The van der Waals surface area contributed by atoms with Crippen LogP contribution < -0.4 is 11.1 Å². The Hall–Kier alpha value is -1.55. The third-order valence-corrected chi connectivity index (χ3v) is 3.96. The van der Waals surface area contributed by atoms with Gasteiger partial charge >= 0.3 is 0 Å². The highest BCUT2D eigenvalue weighted by Gasteiger charge is 2.31. The molecule has 19 heavy (non-hydrogen) atoms. The Kier molecular flexibility index (Phi) is 4.10. The summed E-state index contributed by atoms with van der Waals surface area (Å²) in [5, 5.41) is 13.1. The van der Waals surface area contributed by atoms with Crippen molar-refractivity contribution >= 4 is 17.2 Å². The van der Waals surface area contributed by atoms with E-state index in [0.717, 1.165) is 31.4 Å². The molecule has 0 atom stereocenters. The molecule has 104 valence electrons. The van der Waals surface area contributed by atoms with Gasteiger partial charge in [-0.3, -0.25) is 4.79 Å². The summed E-state index contributed by atoms with van der Waals surface area (Å²) in [5.74, 6) is -0.0390. The molecule has 1 aromatic carbocycles. The molecule has 1 saturated carbocycles. The van der Waals surface area contributed by atoms with Crippen molar-refractivity contribution in [1.29, 1.82) is 0 Å². The molecule has 0 aliphatic heterocycles.